The first-order valence-corrected chi connectivity index (χ1v) is 8.91. The zero-order valence-corrected chi connectivity index (χ0v) is 14.2. The normalized spacial score (nSPS) is 10.3. The van der Waals surface area contributed by atoms with E-state index in [1.807, 2.05) is 23.6 Å². The molecule has 0 aliphatic rings. The molecule has 122 valence electrons. The van der Waals surface area contributed by atoms with E-state index in [0.717, 1.165) is 5.56 Å². The summed E-state index contributed by atoms with van der Waals surface area (Å²) >= 11 is 2.67. The van der Waals surface area contributed by atoms with E-state index in [-0.39, 0.29) is 18.2 Å². The predicted octanol–water partition coefficient (Wildman–Crippen LogP) is 2.71. The van der Waals surface area contributed by atoms with Crippen LogP contribution in [0, 0.1) is 0 Å². The number of rotatable bonds is 6. The summed E-state index contributed by atoms with van der Waals surface area (Å²) in [6, 6.07) is 7.27. The van der Waals surface area contributed by atoms with E-state index < -0.39 is 0 Å². The molecule has 3 heterocycles. The topological polar surface area (TPSA) is 84.0 Å². The molecule has 3 aromatic rings. The van der Waals surface area contributed by atoms with E-state index in [4.69, 9.17) is 0 Å². The number of aromatic nitrogens is 2. The van der Waals surface area contributed by atoms with Gasteiger partial charge in [0.2, 0.25) is 5.91 Å². The van der Waals surface area contributed by atoms with Crippen LogP contribution in [0.25, 0.3) is 0 Å². The largest absolute Gasteiger partial charge is 0.352 e. The highest BCUT2D eigenvalue weighted by Gasteiger charge is 2.11. The van der Waals surface area contributed by atoms with Crippen LogP contribution in [0.1, 0.15) is 20.9 Å². The molecule has 0 atom stereocenters. The first kappa shape index (κ1) is 16.3. The summed E-state index contributed by atoms with van der Waals surface area (Å²) in [5.74, 6) is -0.304. The van der Waals surface area contributed by atoms with Gasteiger partial charge in [-0.25, -0.2) is 4.98 Å². The number of thiazole rings is 1. The van der Waals surface area contributed by atoms with Crippen LogP contribution >= 0.6 is 22.7 Å². The van der Waals surface area contributed by atoms with E-state index >= 15 is 0 Å². The molecule has 24 heavy (non-hydrogen) atoms. The van der Waals surface area contributed by atoms with Crippen molar-refractivity contribution >= 4 is 39.6 Å². The van der Waals surface area contributed by atoms with Crippen molar-refractivity contribution < 1.29 is 9.59 Å². The molecule has 0 fully saturated rings. The van der Waals surface area contributed by atoms with Gasteiger partial charge in [-0.2, -0.15) is 0 Å². The lowest BCUT2D eigenvalue weighted by atomic mass is 10.2. The second-order valence-corrected chi connectivity index (χ2v) is 6.69. The maximum absolute atomic E-state index is 12.0. The minimum Gasteiger partial charge on any atom is -0.352 e. The number of pyridine rings is 1. The van der Waals surface area contributed by atoms with Crippen LogP contribution in [0.4, 0.5) is 5.13 Å². The van der Waals surface area contributed by atoms with Crippen LogP contribution < -0.4 is 10.6 Å². The van der Waals surface area contributed by atoms with Gasteiger partial charge in [-0.3, -0.25) is 19.9 Å². The maximum Gasteiger partial charge on any atom is 0.267 e. The fourth-order valence-electron chi connectivity index (χ4n) is 1.94. The minimum absolute atomic E-state index is 0.117. The molecule has 0 saturated carbocycles. The number of anilines is 1. The Morgan fingerprint density at radius 3 is 2.71 bits per heavy atom. The molecule has 0 aliphatic heterocycles. The summed E-state index contributed by atoms with van der Waals surface area (Å²) in [6.45, 7) is 0.452. The van der Waals surface area contributed by atoms with Gasteiger partial charge in [0.15, 0.2) is 5.13 Å². The Morgan fingerprint density at radius 2 is 1.96 bits per heavy atom. The molecule has 0 aliphatic carbocycles. The molecule has 6 nitrogen and oxygen atoms in total. The Balaban J connectivity index is 1.50. The standard InChI is InChI=1S/C16H14N4O2S2/c21-14(18-9-11-3-5-17-6-4-11)8-12-10-24-16(19-12)20-15(22)13-2-1-7-23-13/h1-7,10H,8-9H2,(H,18,21)(H,19,20,22). The zero-order valence-electron chi connectivity index (χ0n) is 12.6. The molecule has 0 radical (unpaired) electrons. The van der Waals surface area contributed by atoms with Crippen molar-refractivity contribution in [1.29, 1.82) is 0 Å². The average molecular weight is 358 g/mol. The van der Waals surface area contributed by atoms with Crippen molar-refractivity contribution in [3.8, 4) is 0 Å². The molecule has 0 bridgehead atoms. The number of hydrogen-bond acceptors (Lipinski definition) is 6. The molecule has 3 aromatic heterocycles. The van der Waals surface area contributed by atoms with Crippen molar-refractivity contribution in [3.63, 3.8) is 0 Å². The van der Waals surface area contributed by atoms with Crippen molar-refractivity contribution in [2.75, 3.05) is 5.32 Å². The summed E-state index contributed by atoms with van der Waals surface area (Å²) < 4.78 is 0. The number of thiophene rings is 1. The molecule has 0 saturated heterocycles. The van der Waals surface area contributed by atoms with Crippen molar-refractivity contribution in [2.24, 2.45) is 0 Å². The lowest BCUT2D eigenvalue weighted by molar-refractivity contribution is -0.120. The van der Waals surface area contributed by atoms with Crippen LogP contribution in [0.2, 0.25) is 0 Å². The lowest BCUT2D eigenvalue weighted by Gasteiger charge is -2.03. The molecule has 2 amide bonds. The van der Waals surface area contributed by atoms with Gasteiger partial charge in [-0.1, -0.05) is 6.07 Å². The SMILES string of the molecule is O=C(Cc1csc(NC(=O)c2cccs2)n1)NCc1ccncc1. The van der Waals surface area contributed by atoms with Gasteiger partial charge in [0.05, 0.1) is 17.0 Å². The zero-order chi connectivity index (χ0) is 16.8. The lowest BCUT2D eigenvalue weighted by Crippen LogP contribution is -2.24. The summed E-state index contributed by atoms with van der Waals surface area (Å²) in [7, 11) is 0. The Bertz CT molecular complexity index is 816. The predicted molar refractivity (Wildman–Crippen MR) is 94.2 cm³/mol. The fourth-order valence-corrected chi connectivity index (χ4v) is 3.26. The Morgan fingerprint density at radius 1 is 1.12 bits per heavy atom. The highest BCUT2D eigenvalue weighted by molar-refractivity contribution is 7.14. The molecule has 0 unspecified atom stereocenters. The molecule has 0 spiro atoms. The molecule has 3 rings (SSSR count). The molecule has 2 N–H and O–H groups in total. The van der Waals surface area contributed by atoms with Gasteiger partial charge in [-0.15, -0.1) is 22.7 Å². The van der Waals surface area contributed by atoms with Crippen LogP contribution in [0.5, 0.6) is 0 Å². The van der Waals surface area contributed by atoms with Crippen molar-refractivity contribution in [2.45, 2.75) is 13.0 Å². The number of nitrogens with zero attached hydrogens (tertiary/aromatic N) is 2. The second-order valence-electron chi connectivity index (χ2n) is 4.88. The number of amides is 2. The maximum atomic E-state index is 12.0. The first-order chi connectivity index (χ1) is 11.7. The van der Waals surface area contributed by atoms with Crippen LogP contribution in [0.15, 0.2) is 47.4 Å². The summed E-state index contributed by atoms with van der Waals surface area (Å²) in [6.07, 6.45) is 3.55. The summed E-state index contributed by atoms with van der Waals surface area (Å²) in [4.78, 5) is 32.7. The molecular formula is C16H14N4O2S2. The third kappa shape index (κ3) is 4.46. The Labute approximate surface area is 146 Å². The first-order valence-electron chi connectivity index (χ1n) is 7.15. The second kappa shape index (κ2) is 7.80. The number of hydrogen-bond donors (Lipinski definition) is 2. The van der Waals surface area contributed by atoms with Gasteiger partial charge in [-0.05, 0) is 29.1 Å². The fraction of sp³-hybridized carbons (Fsp3) is 0.125. The highest BCUT2D eigenvalue weighted by Crippen LogP contribution is 2.18. The quantitative estimate of drug-likeness (QED) is 0.710. The molecule has 8 heteroatoms. The smallest absolute Gasteiger partial charge is 0.267 e. The van der Waals surface area contributed by atoms with E-state index in [9.17, 15) is 9.59 Å². The molecular weight excluding hydrogens is 344 g/mol. The van der Waals surface area contributed by atoms with E-state index in [0.29, 0.717) is 22.2 Å². The van der Waals surface area contributed by atoms with Gasteiger partial charge in [0.25, 0.3) is 5.91 Å². The third-order valence-electron chi connectivity index (χ3n) is 3.10. The van der Waals surface area contributed by atoms with Crippen LogP contribution in [-0.2, 0) is 17.8 Å². The summed E-state index contributed by atoms with van der Waals surface area (Å²) in [5, 5.41) is 9.68. The van der Waals surface area contributed by atoms with Gasteiger partial charge in [0.1, 0.15) is 0 Å². The van der Waals surface area contributed by atoms with Gasteiger partial charge in [0, 0.05) is 24.3 Å². The summed E-state index contributed by atoms with van der Waals surface area (Å²) in [5.41, 5.74) is 1.62. The number of carbonyl (C=O) groups is 2. The Hall–Kier alpha value is -2.58. The van der Waals surface area contributed by atoms with Gasteiger partial charge >= 0.3 is 0 Å². The van der Waals surface area contributed by atoms with Crippen LogP contribution in [-0.4, -0.2) is 21.8 Å². The number of nitrogens with one attached hydrogen (secondary N) is 2. The highest BCUT2D eigenvalue weighted by atomic mass is 32.1. The van der Waals surface area contributed by atoms with E-state index in [1.165, 1.54) is 22.7 Å². The van der Waals surface area contributed by atoms with Crippen molar-refractivity contribution in [1.82, 2.24) is 15.3 Å². The van der Waals surface area contributed by atoms with E-state index in [1.54, 1.807) is 23.8 Å². The average Bonchev–Trinajstić information content (AvgIpc) is 3.26. The van der Waals surface area contributed by atoms with Crippen LogP contribution in [0.3, 0.4) is 0 Å². The Kier molecular flexibility index (Phi) is 5.29. The van der Waals surface area contributed by atoms with E-state index in [2.05, 4.69) is 20.6 Å². The van der Waals surface area contributed by atoms with Crippen molar-refractivity contribution in [3.05, 3.63) is 63.6 Å². The minimum atomic E-state index is -0.187. The molecule has 0 aromatic carbocycles. The third-order valence-corrected chi connectivity index (χ3v) is 4.77. The monoisotopic (exact) mass is 358 g/mol. The van der Waals surface area contributed by atoms with Gasteiger partial charge < -0.3 is 5.32 Å². The number of carbonyl (C=O) groups excluding carboxylic acids is 2.